The average molecular weight is 245 g/mol. The molecule has 3 rings (SSSR count). The molecule has 0 radical (unpaired) electrons. The van der Waals surface area contributed by atoms with E-state index in [0.29, 0.717) is 5.69 Å². The Balaban J connectivity index is 1.90. The van der Waals surface area contributed by atoms with E-state index in [4.69, 9.17) is 0 Å². The highest BCUT2D eigenvalue weighted by molar-refractivity contribution is 6.10. The maximum Gasteiger partial charge on any atom is 0.252 e. The van der Waals surface area contributed by atoms with E-state index in [-0.39, 0.29) is 5.78 Å². The normalized spacial score (nSPS) is 9.89. The zero-order valence-electron chi connectivity index (χ0n) is 10.2. The van der Waals surface area contributed by atoms with Gasteiger partial charge in [-0.25, -0.2) is 0 Å². The van der Waals surface area contributed by atoms with Crippen molar-refractivity contribution >= 4 is 16.7 Å². The van der Waals surface area contributed by atoms with Crippen molar-refractivity contribution in [3.8, 4) is 11.8 Å². The Labute approximate surface area is 111 Å². The van der Waals surface area contributed by atoms with E-state index in [1.54, 1.807) is 0 Å². The second kappa shape index (κ2) is 4.83. The first-order chi connectivity index (χ1) is 9.33. The highest BCUT2D eigenvalue weighted by Gasteiger charge is 2.05. The maximum absolute atomic E-state index is 12.0. The van der Waals surface area contributed by atoms with Crippen LogP contribution in [0.15, 0.2) is 60.7 Å². The van der Waals surface area contributed by atoms with Gasteiger partial charge in [0.25, 0.3) is 5.78 Å². The number of carbonyl (C=O) groups is 1. The van der Waals surface area contributed by atoms with Gasteiger partial charge in [-0.3, -0.25) is 4.79 Å². The predicted octanol–water partition coefficient (Wildman–Crippen LogP) is 3.40. The van der Waals surface area contributed by atoms with Crippen LogP contribution in [0.1, 0.15) is 16.1 Å². The summed E-state index contributed by atoms with van der Waals surface area (Å²) in [5.41, 5.74) is 2.32. The summed E-state index contributed by atoms with van der Waals surface area (Å²) in [4.78, 5) is 15.1. The summed E-state index contributed by atoms with van der Waals surface area (Å²) in [5, 5.41) is 1.02. The van der Waals surface area contributed by atoms with Crippen LogP contribution in [-0.4, -0.2) is 10.8 Å². The Morgan fingerprint density at radius 1 is 0.947 bits per heavy atom. The molecule has 0 spiro atoms. The monoisotopic (exact) mass is 245 g/mol. The van der Waals surface area contributed by atoms with Gasteiger partial charge < -0.3 is 4.98 Å². The molecule has 0 unspecified atom stereocenters. The summed E-state index contributed by atoms with van der Waals surface area (Å²) in [6.07, 6.45) is 0. The molecular formula is C17H11NO. The van der Waals surface area contributed by atoms with Crippen molar-refractivity contribution in [3.05, 3.63) is 71.9 Å². The lowest BCUT2D eigenvalue weighted by Crippen LogP contribution is -1.94. The summed E-state index contributed by atoms with van der Waals surface area (Å²) < 4.78 is 0. The van der Waals surface area contributed by atoms with E-state index in [1.165, 1.54) is 0 Å². The minimum absolute atomic E-state index is 0.194. The van der Waals surface area contributed by atoms with E-state index in [2.05, 4.69) is 16.8 Å². The molecule has 0 bridgehead atoms. The predicted molar refractivity (Wildman–Crippen MR) is 75.9 cm³/mol. The van der Waals surface area contributed by atoms with Gasteiger partial charge in [-0.05, 0) is 30.2 Å². The number of aromatic nitrogens is 1. The van der Waals surface area contributed by atoms with Gasteiger partial charge in [-0.2, -0.15) is 0 Å². The first-order valence-electron chi connectivity index (χ1n) is 6.02. The number of ketones is 1. The molecule has 0 aliphatic rings. The first-order valence-corrected chi connectivity index (χ1v) is 6.02. The minimum atomic E-state index is -0.194. The van der Waals surface area contributed by atoms with Crippen LogP contribution in [0.3, 0.4) is 0 Å². The molecule has 0 saturated heterocycles. The fourth-order valence-corrected chi connectivity index (χ4v) is 1.91. The lowest BCUT2D eigenvalue weighted by atomic mass is 10.2. The van der Waals surface area contributed by atoms with E-state index < -0.39 is 0 Å². The molecule has 1 heterocycles. The number of para-hydroxylation sites is 1. The topological polar surface area (TPSA) is 32.9 Å². The maximum atomic E-state index is 12.0. The molecule has 2 nitrogen and oxygen atoms in total. The van der Waals surface area contributed by atoms with Crippen molar-refractivity contribution in [2.75, 3.05) is 0 Å². The molecule has 0 aliphatic heterocycles. The van der Waals surface area contributed by atoms with Crippen molar-refractivity contribution in [1.82, 2.24) is 4.98 Å². The van der Waals surface area contributed by atoms with Crippen LogP contribution in [-0.2, 0) is 0 Å². The minimum Gasteiger partial charge on any atom is -0.351 e. The van der Waals surface area contributed by atoms with Crippen LogP contribution in [0, 0.1) is 11.8 Å². The molecule has 0 fully saturated rings. The van der Waals surface area contributed by atoms with Crippen molar-refractivity contribution < 1.29 is 4.79 Å². The highest BCUT2D eigenvalue weighted by Crippen LogP contribution is 2.14. The van der Waals surface area contributed by atoms with E-state index in [9.17, 15) is 4.79 Å². The largest absolute Gasteiger partial charge is 0.351 e. The third kappa shape index (κ3) is 2.41. The summed E-state index contributed by atoms with van der Waals surface area (Å²) in [5.74, 6) is 5.33. The zero-order chi connectivity index (χ0) is 13.1. The number of fused-ring (bicyclic) bond motifs is 1. The van der Waals surface area contributed by atoms with Crippen molar-refractivity contribution in [2.24, 2.45) is 0 Å². The standard InChI is InChI=1S/C17H11NO/c19-17(11-10-13-6-2-1-3-7-13)16-12-14-8-4-5-9-15(14)18-16/h1-9,12,18H. The molecule has 0 saturated carbocycles. The van der Waals surface area contributed by atoms with Crippen LogP contribution < -0.4 is 0 Å². The van der Waals surface area contributed by atoms with Crippen molar-refractivity contribution in [2.45, 2.75) is 0 Å². The molecular weight excluding hydrogens is 234 g/mol. The summed E-state index contributed by atoms with van der Waals surface area (Å²) >= 11 is 0. The van der Waals surface area contributed by atoms with Gasteiger partial charge in [-0.1, -0.05) is 42.3 Å². The molecule has 3 aromatic rings. The van der Waals surface area contributed by atoms with Gasteiger partial charge in [0.1, 0.15) is 0 Å². The third-order valence-corrected chi connectivity index (χ3v) is 2.87. The second-order valence-corrected chi connectivity index (χ2v) is 4.22. The number of carbonyl (C=O) groups excluding carboxylic acids is 1. The first kappa shape index (κ1) is 11.3. The van der Waals surface area contributed by atoms with Gasteiger partial charge in [-0.15, -0.1) is 0 Å². The molecule has 0 amide bonds. The fraction of sp³-hybridized carbons (Fsp3) is 0. The molecule has 19 heavy (non-hydrogen) atoms. The van der Waals surface area contributed by atoms with Gasteiger partial charge in [0.05, 0.1) is 5.69 Å². The van der Waals surface area contributed by atoms with Gasteiger partial charge in [0.15, 0.2) is 0 Å². The smallest absolute Gasteiger partial charge is 0.252 e. The molecule has 1 N–H and O–H groups in total. The Bertz CT molecular complexity index is 755. The number of H-pyrrole nitrogens is 1. The third-order valence-electron chi connectivity index (χ3n) is 2.87. The van der Waals surface area contributed by atoms with E-state index in [0.717, 1.165) is 16.5 Å². The Morgan fingerprint density at radius 3 is 2.47 bits per heavy atom. The number of rotatable bonds is 1. The highest BCUT2D eigenvalue weighted by atomic mass is 16.1. The molecule has 1 aromatic heterocycles. The molecule has 2 aromatic carbocycles. The molecule has 2 heteroatoms. The fourth-order valence-electron chi connectivity index (χ4n) is 1.91. The number of hydrogen-bond acceptors (Lipinski definition) is 1. The number of nitrogens with one attached hydrogen (secondary N) is 1. The Kier molecular flexibility index (Phi) is 2.88. The SMILES string of the molecule is O=C(C#Cc1ccccc1)c1cc2ccccc2[nH]1. The van der Waals surface area contributed by atoms with Gasteiger partial charge in [0, 0.05) is 16.5 Å². The lowest BCUT2D eigenvalue weighted by molar-refractivity contribution is 0.105. The number of hydrogen-bond donors (Lipinski definition) is 1. The summed E-state index contributed by atoms with van der Waals surface area (Å²) in [7, 11) is 0. The Hall–Kier alpha value is -2.79. The number of benzene rings is 2. The van der Waals surface area contributed by atoms with Crippen LogP contribution >= 0.6 is 0 Å². The van der Waals surface area contributed by atoms with Crippen molar-refractivity contribution in [1.29, 1.82) is 0 Å². The van der Waals surface area contributed by atoms with Crippen LogP contribution in [0.25, 0.3) is 10.9 Å². The molecule has 0 aliphatic carbocycles. The second-order valence-electron chi connectivity index (χ2n) is 4.22. The summed E-state index contributed by atoms with van der Waals surface area (Å²) in [6.45, 7) is 0. The lowest BCUT2D eigenvalue weighted by Gasteiger charge is -1.87. The van der Waals surface area contributed by atoms with Crippen LogP contribution in [0.4, 0.5) is 0 Å². The zero-order valence-corrected chi connectivity index (χ0v) is 10.2. The molecule has 90 valence electrons. The van der Waals surface area contributed by atoms with Crippen LogP contribution in [0.5, 0.6) is 0 Å². The Morgan fingerprint density at radius 2 is 1.68 bits per heavy atom. The quantitative estimate of drug-likeness (QED) is 0.517. The summed E-state index contributed by atoms with van der Waals surface area (Å²) in [6, 6.07) is 19.1. The molecule has 0 atom stereocenters. The number of Topliss-reactive ketones (excluding diaryl/α,β-unsaturated/α-hetero) is 1. The average Bonchev–Trinajstić information content (AvgIpc) is 2.90. The van der Waals surface area contributed by atoms with E-state index >= 15 is 0 Å². The van der Waals surface area contributed by atoms with E-state index in [1.807, 2.05) is 60.7 Å². The van der Waals surface area contributed by atoms with Gasteiger partial charge in [0.2, 0.25) is 0 Å². The van der Waals surface area contributed by atoms with Crippen LogP contribution in [0.2, 0.25) is 0 Å². The number of aromatic amines is 1. The van der Waals surface area contributed by atoms with Crippen molar-refractivity contribution in [3.63, 3.8) is 0 Å². The van der Waals surface area contributed by atoms with Gasteiger partial charge >= 0.3 is 0 Å².